The summed E-state index contributed by atoms with van der Waals surface area (Å²) in [6, 6.07) is -0.646. The summed E-state index contributed by atoms with van der Waals surface area (Å²) in [4.78, 5) is 24.5. The van der Waals surface area contributed by atoms with Crippen molar-refractivity contribution < 1.29 is 24.5 Å². The average molecular weight is 913 g/mol. The maximum Gasteiger partial charge on any atom is 0.305 e. The zero-order chi connectivity index (χ0) is 47.2. The molecule has 0 aromatic carbocycles. The van der Waals surface area contributed by atoms with Crippen LogP contribution in [0.3, 0.4) is 0 Å². The third kappa shape index (κ3) is 51.1. The van der Waals surface area contributed by atoms with E-state index in [0.717, 1.165) is 77.0 Å². The van der Waals surface area contributed by atoms with Crippen LogP contribution in [0.5, 0.6) is 0 Å². The Balaban J connectivity index is 3.56. The molecule has 65 heavy (non-hydrogen) atoms. The second-order valence-corrected chi connectivity index (χ2v) is 19.3. The summed E-state index contributed by atoms with van der Waals surface area (Å²) in [6.45, 7) is 4.84. The first kappa shape index (κ1) is 62.8. The van der Waals surface area contributed by atoms with Gasteiger partial charge in [0.05, 0.1) is 25.4 Å². The molecule has 0 aromatic heterocycles. The predicted molar refractivity (Wildman–Crippen MR) is 282 cm³/mol. The van der Waals surface area contributed by atoms with Crippen LogP contribution in [0.1, 0.15) is 290 Å². The van der Waals surface area contributed by atoms with Crippen LogP contribution >= 0.6 is 0 Å². The molecule has 3 N–H and O–H groups in total. The minimum Gasteiger partial charge on any atom is -0.466 e. The second-order valence-electron chi connectivity index (χ2n) is 19.3. The Morgan fingerprint density at radius 2 is 0.769 bits per heavy atom. The Hall–Kier alpha value is -2.18. The molecule has 380 valence electrons. The molecule has 0 saturated carbocycles. The van der Waals surface area contributed by atoms with Crippen LogP contribution in [-0.2, 0) is 14.3 Å². The number of esters is 1. The van der Waals surface area contributed by atoms with E-state index < -0.39 is 12.1 Å². The Kier molecular flexibility index (Phi) is 52.6. The van der Waals surface area contributed by atoms with Gasteiger partial charge in [0, 0.05) is 12.8 Å². The molecule has 0 fully saturated rings. The molecule has 2 unspecified atom stereocenters. The summed E-state index contributed by atoms with van der Waals surface area (Å²) in [5.74, 6) is -0.121. The van der Waals surface area contributed by atoms with Crippen molar-refractivity contribution in [2.75, 3.05) is 13.2 Å². The van der Waals surface area contributed by atoms with E-state index >= 15 is 0 Å². The van der Waals surface area contributed by atoms with Crippen molar-refractivity contribution in [2.45, 2.75) is 302 Å². The van der Waals surface area contributed by atoms with Gasteiger partial charge in [0.15, 0.2) is 0 Å². The quantitative estimate of drug-likeness (QED) is 0.0245. The molecule has 1 amide bonds. The number of hydrogen-bond acceptors (Lipinski definition) is 5. The van der Waals surface area contributed by atoms with Crippen molar-refractivity contribution in [1.29, 1.82) is 0 Å². The molecule has 2 atom stereocenters. The van der Waals surface area contributed by atoms with Crippen LogP contribution in [0.25, 0.3) is 0 Å². The van der Waals surface area contributed by atoms with Crippen molar-refractivity contribution in [1.82, 2.24) is 5.32 Å². The third-order valence-corrected chi connectivity index (χ3v) is 12.8. The Bertz CT molecular complexity index is 1100. The van der Waals surface area contributed by atoms with Crippen LogP contribution in [0.4, 0.5) is 0 Å². The van der Waals surface area contributed by atoms with Crippen molar-refractivity contribution in [3.05, 3.63) is 48.6 Å². The minimum absolute atomic E-state index is 0.0311. The van der Waals surface area contributed by atoms with Gasteiger partial charge >= 0.3 is 5.97 Å². The van der Waals surface area contributed by atoms with E-state index in [9.17, 15) is 19.8 Å². The normalized spacial score (nSPS) is 13.0. The number of ether oxygens (including phenoxy) is 1. The molecule has 0 heterocycles. The summed E-state index contributed by atoms with van der Waals surface area (Å²) in [6.07, 6.45) is 68.4. The molecule has 0 aliphatic rings. The number of carbonyl (C=O) groups excluding carboxylic acids is 2. The number of hydrogen-bond donors (Lipinski definition) is 3. The minimum atomic E-state index is -0.860. The fourth-order valence-electron chi connectivity index (χ4n) is 8.44. The Morgan fingerprint density at radius 1 is 0.431 bits per heavy atom. The van der Waals surface area contributed by atoms with Gasteiger partial charge in [-0.25, -0.2) is 0 Å². The van der Waals surface area contributed by atoms with E-state index in [0.29, 0.717) is 19.4 Å². The lowest BCUT2D eigenvalue weighted by Crippen LogP contribution is -2.45. The van der Waals surface area contributed by atoms with Crippen molar-refractivity contribution in [2.24, 2.45) is 0 Å². The number of allylic oxidation sites excluding steroid dienone is 7. The molecule has 0 bridgehead atoms. The van der Waals surface area contributed by atoms with Gasteiger partial charge < -0.3 is 20.3 Å². The molecular formula is C59H109NO5. The van der Waals surface area contributed by atoms with E-state index in [1.807, 2.05) is 6.08 Å². The van der Waals surface area contributed by atoms with Gasteiger partial charge in [-0.05, 0) is 89.9 Å². The summed E-state index contributed by atoms with van der Waals surface area (Å²) >= 11 is 0. The van der Waals surface area contributed by atoms with E-state index in [1.54, 1.807) is 6.08 Å². The van der Waals surface area contributed by atoms with E-state index in [2.05, 4.69) is 55.6 Å². The lowest BCUT2D eigenvalue weighted by atomic mass is 10.0. The SMILES string of the molecule is CCCCCCCC/C=C\CCCCCCCC(=O)OCCCCC/C=C\C=C/CCCCCCCCC(=O)NC(CO)C(O)/C=C/CCCCCCCCCCCCCCCCCC. The summed E-state index contributed by atoms with van der Waals surface area (Å²) in [5, 5.41) is 23.1. The van der Waals surface area contributed by atoms with Crippen LogP contribution in [0.2, 0.25) is 0 Å². The number of nitrogens with one attached hydrogen (secondary N) is 1. The van der Waals surface area contributed by atoms with Gasteiger partial charge in [0.1, 0.15) is 0 Å². The number of aliphatic hydroxyl groups excluding tert-OH is 2. The first-order chi connectivity index (χ1) is 32.0. The van der Waals surface area contributed by atoms with Crippen molar-refractivity contribution in [3.63, 3.8) is 0 Å². The largest absolute Gasteiger partial charge is 0.466 e. The maximum atomic E-state index is 12.5. The highest BCUT2D eigenvalue weighted by Crippen LogP contribution is 2.16. The lowest BCUT2D eigenvalue weighted by molar-refractivity contribution is -0.143. The van der Waals surface area contributed by atoms with Gasteiger partial charge in [-0.1, -0.05) is 236 Å². The first-order valence-electron chi connectivity index (χ1n) is 28.4. The number of amides is 1. The van der Waals surface area contributed by atoms with Crippen LogP contribution < -0.4 is 5.32 Å². The lowest BCUT2D eigenvalue weighted by Gasteiger charge is -2.20. The summed E-state index contributed by atoms with van der Waals surface area (Å²) in [5.41, 5.74) is 0. The molecule has 0 rings (SSSR count). The number of aliphatic hydroxyl groups is 2. The van der Waals surface area contributed by atoms with Gasteiger partial charge in [0.2, 0.25) is 5.91 Å². The fraction of sp³-hybridized carbons (Fsp3) is 0.831. The molecule has 0 spiro atoms. The molecule has 0 saturated heterocycles. The topological polar surface area (TPSA) is 95.9 Å². The van der Waals surface area contributed by atoms with Gasteiger partial charge in [-0.2, -0.15) is 0 Å². The second kappa shape index (κ2) is 54.4. The molecule has 0 aliphatic carbocycles. The van der Waals surface area contributed by atoms with E-state index in [-0.39, 0.29) is 18.5 Å². The zero-order valence-corrected chi connectivity index (χ0v) is 43.2. The average Bonchev–Trinajstić information content (AvgIpc) is 3.31. The highest BCUT2D eigenvalue weighted by Gasteiger charge is 2.18. The van der Waals surface area contributed by atoms with Crippen molar-refractivity contribution >= 4 is 11.9 Å². The molecular weight excluding hydrogens is 803 g/mol. The molecule has 0 radical (unpaired) electrons. The highest BCUT2D eigenvalue weighted by atomic mass is 16.5. The van der Waals surface area contributed by atoms with Gasteiger partial charge in [-0.15, -0.1) is 0 Å². The van der Waals surface area contributed by atoms with Crippen molar-refractivity contribution in [3.8, 4) is 0 Å². The van der Waals surface area contributed by atoms with Crippen LogP contribution in [0.15, 0.2) is 48.6 Å². The summed E-state index contributed by atoms with van der Waals surface area (Å²) in [7, 11) is 0. The predicted octanol–water partition coefficient (Wildman–Crippen LogP) is 17.4. The monoisotopic (exact) mass is 912 g/mol. The molecule has 0 aliphatic heterocycles. The number of rotatable bonds is 52. The smallest absolute Gasteiger partial charge is 0.305 e. The van der Waals surface area contributed by atoms with Crippen LogP contribution in [-0.4, -0.2) is 47.4 Å². The molecule has 6 nitrogen and oxygen atoms in total. The van der Waals surface area contributed by atoms with Gasteiger partial charge in [0.25, 0.3) is 0 Å². The van der Waals surface area contributed by atoms with Crippen LogP contribution in [0, 0.1) is 0 Å². The standard InChI is InChI=1S/C59H109NO5/c1-3-5-7-9-11-13-15-17-19-20-21-24-27-31-35-39-43-47-51-57(62)56(55-61)60-58(63)52-48-44-40-36-32-28-25-22-26-30-34-38-42-46-50-54-65-59(64)53-49-45-41-37-33-29-23-18-16-14-12-10-8-6-4-2/h18,22-23,26,30,34,47,51,56-57,61-62H,3-17,19-21,24-25,27-29,31-33,35-46,48-50,52-55H2,1-2H3,(H,60,63)/b23-18-,26-22-,34-30-,51-47+. The number of unbranched alkanes of at least 4 members (excludes halogenated alkanes) is 36. The summed E-state index contributed by atoms with van der Waals surface area (Å²) < 4.78 is 5.44. The van der Waals surface area contributed by atoms with E-state index in [4.69, 9.17) is 4.74 Å². The molecule has 0 aromatic rings. The Morgan fingerprint density at radius 3 is 1.18 bits per heavy atom. The first-order valence-corrected chi connectivity index (χ1v) is 28.4. The fourth-order valence-corrected chi connectivity index (χ4v) is 8.44. The zero-order valence-electron chi connectivity index (χ0n) is 43.2. The van der Waals surface area contributed by atoms with Gasteiger partial charge in [-0.3, -0.25) is 9.59 Å². The Labute approximate surface area is 404 Å². The third-order valence-electron chi connectivity index (χ3n) is 12.8. The maximum absolute atomic E-state index is 12.5. The van der Waals surface area contributed by atoms with E-state index in [1.165, 1.54) is 186 Å². The number of carbonyl (C=O) groups is 2. The molecule has 6 heteroatoms. The highest BCUT2D eigenvalue weighted by molar-refractivity contribution is 5.76.